The van der Waals surface area contributed by atoms with E-state index in [1.807, 2.05) is 30.3 Å². The highest BCUT2D eigenvalue weighted by molar-refractivity contribution is 7.12. The molecule has 2 aromatic carbocycles. The highest BCUT2D eigenvalue weighted by Crippen LogP contribution is 2.24. The van der Waals surface area contributed by atoms with Crippen molar-refractivity contribution in [1.82, 2.24) is 10.9 Å². The van der Waals surface area contributed by atoms with Crippen LogP contribution in [0.1, 0.15) is 20.0 Å². The number of carbonyl (C=O) groups excluding carboxylic acids is 2. The number of hydrogen-bond donors (Lipinski definition) is 2. The first-order chi connectivity index (χ1) is 11.6. The smallest absolute Gasteiger partial charge is 0.267 e. The first-order valence-corrected chi connectivity index (χ1v) is 8.02. The average Bonchev–Trinajstić information content (AvgIpc) is 3.15. The summed E-state index contributed by atoms with van der Waals surface area (Å²) in [6, 6.07) is 16.5. The van der Waals surface area contributed by atoms with E-state index in [0.717, 1.165) is 11.6 Å². The Hall–Kier alpha value is -2.99. The summed E-state index contributed by atoms with van der Waals surface area (Å²) in [4.78, 5) is 24.7. The van der Waals surface area contributed by atoms with Crippen molar-refractivity contribution in [1.29, 1.82) is 0 Å². The van der Waals surface area contributed by atoms with Gasteiger partial charge in [-0.2, -0.15) is 0 Å². The van der Waals surface area contributed by atoms with Crippen LogP contribution in [0.15, 0.2) is 66.0 Å². The quantitative estimate of drug-likeness (QED) is 0.715. The van der Waals surface area contributed by atoms with Crippen LogP contribution in [0.5, 0.6) is 0 Å². The summed E-state index contributed by atoms with van der Waals surface area (Å²) < 4.78 is 13.6. The Labute approximate surface area is 141 Å². The molecule has 0 bridgehead atoms. The van der Waals surface area contributed by atoms with Gasteiger partial charge in [0.1, 0.15) is 5.82 Å². The minimum absolute atomic E-state index is 0.146. The minimum Gasteiger partial charge on any atom is -0.267 e. The molecule has 3 aromatic rings. The van der Waals surface area contributed by atoms with Gasteiger partial charge in [-0.1, -0.05) is 42.5 Å². The van der Waals surface area contributed by atoms with Crippen molar-refractivity contribution in [2.24, 2.45) is 0 Å². The lowest BCUT2D eigenvalue weighted by Crippen LogP contribution is -2.41. The van der Waals surface area contributed by atoms with Crippen molar-refractivity contribution in [2.75, 3.05) is 0 Å². The average molecular weight is 340 g/mol. The molecule has 24 heavy (non-hydrogen) atoms. The zero-order valence-corrected chi connectivity index (χ0v) is 13.3. The van der Waals surface area contributed by atoms with Crippen LogP contribution in [-0.4, -0.2) is 11.8 Å². The normalized spacial score (nSPS) is 10.2. The molecule has 0 radical (unpaired) electrons. The molecule has 0 saturated heterocycles. The van der Waals surface area contributed by atoms with Gasteiger partial charge in [0, 0.05) is 0 Å². The van der Waals surface area contributed by atoms with E-state index in [2.05, 4.69) is 10.9 Å². The summed E-state index contributed by atoms with van der Waals surface area (Å²) >= 11 is 1.26. The van der Waals surface area contributed by atoms with Gasteiger partial charge < -0.3 is 0 Å². The topological polar surface area (TPSA) is 58.2 Å². The molecule has 0 spiro atoms. The number of benzene rings is 2. The summed E-state index contributed by atoms with van der Waals surface area (Å²) in [5.74, 6) is -1.53. The van der Waals surface area contributed by atoms with Gasteiger partial charge in [0.2, 0.25) is 0 Å². The molecule has 0 unspecified atom stereocenters. The Morgan fingerprint density at radius 2 is 1.62 bits per heavy atom. The maximum Gasteiger partial charge on any atom is 0.279 e. The molecule has 120 valence electrons. The largest absolute Gasteiger partial charge is 0.279 e. The number of carbonyl (C=O) groups is 2. The maximum atomic E-state index is 13.6. The molecule has 3 rings (SSSR count). The monoisotopic (exact) mass is 340 g/mol. The van der Waals surface area contributed by atoms with Crippen LogP contribution in [0.4, 0.5) is 4.39 Å². The number of amides is 2. The Balaban J connectivity index is 1.82. The summed E-state index contributed by atoms with van der Waals surface area (Å²) in [6.45, 7) is 0. The number of hydrazine groups is 1. The van der Waals surface area contributed by atoms with E-state index in [4.69, 9.17) is 0 Å². The second-order valence-electron chi connectivity index (χ2n) is 4.94. The maximum absolute atomic E-state index is 13.6. The third-order valence-electron chi connectivity index (χ3n) is 3.35. The second kappa shape index (κ2) is 7.06. The molecule has 0 aliphatic carbocycles. The summed E-state index contributed by atoms with van der Waals surface area (Å²) in [6.07, 6.45) is 0. The standard InChI is InChI=1S/C18H13FN2O2S/c19-13-8-9-14(12-5-2-1-3-6-12)15(11-13)17(22)20-21-18(23)16-7-4-10-24-16/h1-11H,(H,20,22)(H,21,23). The van der Waals surface area contributed by atoms with Crippen molar-refractivity contribution in [3.63, 3.8) is 0 Å². The van der Waals surface area contributed by atoms with E-state index in [0.29, 0.717) is 10.4 Å². The zero-order valence-electron chi connectivity index (χ0n) is 12.5. The van der Waals surface area contributed by atoms with Crippen molar-refractivity contribution < 1.29 is 14.0 Å². The van der Waals surface area contributed by atoms with Gasteiger partial charge in [-0.15, -0.1) is 11.3 Å². The fraction of sp³-hybridized carbons (Fsp3) is 0. The van der Waals surface area contributed by atoms with Gasteiger partial charge in [-0.25, -0.2) is 4.39 Å². The Morgan fingerprint density at radius 1 is 0.875 bits per heavy atom. The predicted octanol–water partition coefficient (Wildman–Crippen LogP) is 3.63. The molecule has 4 nitrogen and oxygen atoms in total. The molecule has 2 N–H and O–H groups in total. The van der Waals surface area contributed by atoms with Crippen LogP contribution in [0, 0.1) is 5.82 Å². The fourth-order valence-corrected chi connectivity index (χ4v) is 2.84. The molecular formula is C18H13FN2O2S. The van der Waals surface area contributed by atoms with E-state index in [9.17, 15) is 14.0 Å². The van der Waals surface area contributed by atoms with E-state index in [1.54, 1.807) is 23.6 Å². The number of hydrogen-bond acceptors (Lipinski definition) is 3. The zero-order chi connectivity index (χ0) is 16.9. The summed E-state index contributed by atoms with van der Waals surface area (Å²) in [5, 5.41) is 1.76. The highest BCUT2D eigenvalue weighted by atomic mass is 32.1. The van der Waals surface area contributed by atoms with Gasteiger partial charge in [0.05, 0.1) is 10.4 Å². The SMILES string of the molecule is O=C(NNC(=O)c1cc(F)ccc1-c1ccccc1)c1cccs1. The van der Waals surface area contributed by atoms with Crippen LogP contribution in [0.25, 0.3) is 11.1 Å². The number of rotatable bonds is 3. The molecule has 0 atom stereocenters. The van der Waals surface area contributed by atoms with Crippen LogP contribution in [0.3, 0.4) is 0 Å². The van der Waals surface area contributed by atoms with Gasteiger partial charge >= 0.3 is 0 Å². The predicted molar refractivity (Wildman–Crippen MR) is 91.1 cm³/mol. The van der Waals surface area contributed by atoms with Crippen molar-refractivity contribution in [3.05, 3.63) is 82.3 Å². The number of nitrogens with one attached hydrogen (secondary N) is 2. The van der Waals surface area contributed by atoms with Crippen LogP contribution >= 0.6 is 11.3 Å². The second-order valence-corrected chi connectivity index (χ2v) is 5.89. The lowest BCUT2D eigenvalue weighted by molar-refractivity contribution is 0.0849. The van der Waals surface area contributed by atoms with E-state index in [1.165, 1.54) is 17.4 Å². The number of halogens is 1. The molecule has 2 amide bonds. The molecule has 1 heterocycles. The summed E-state index contributed by atoms with van der Waals surface area (Å²) in [5.41, 5.74) is 6.17. The first kappa shape index (κ1) is 15.9. The molecule has 1 aromatic heterocycles. The fourth-order valence-electron chi connectivity index (χ4n) is 2.22. The Bertz CT molecular complexity index is 864. The van der Waals surface area contributed by atoms with Crippen molar-refractivity contribution >= 4 is 23.2 Å². The van der Waals surface area contributed by atoms with Crippen molar-refractivity contribution in [3.8, 4) is 11.1 Å². The van der Waals surface area contributed by atoms with Gasteiger partial charge in [-0.3, -0.25) is 20.4 Å². The lowest BCUT2D eigenvalue weighted by atomic mass is 9.99. The Morgan fingerprint density at radius 3 is 2.33 bits per heavy atom. The molecular weight excluding hydrogens is 327 g/mol. The van der Waals surface area contributed by atoms with E-state index < -0.39 is 17.6 Å². The first-order valence-electron chi connectivity index (χ1n) is 7.14. The van der Waals surface area contributed by atoms with Gasteiger partial charge in [0.15, 0.2) is 0 Å². The third-order valence-corrected chi connectivity index (χ3v) is 4.21. The molecule has 0 fully saturated rings. The molecule has 0 aliphatic rings. The van der Waals surface area contributed by atoms with Gasteiger partial charge in [0.25, 0.3) is 11.8 Å². The number of thiophene rings is 1. The highest BCUT2D eigenvalue weighted by Gasteiger charge is 2.15. The van der Waals surface area contributed by atoms with Gasteiger partial charge in [-0.05, 0) is 34.7 Å². The van der Waals surface area contributed by atoms with Crippen LogP contribution < -0.4 is 10.9 Å². The van der Waals surface area contributed by atoms with E-state index in [-0.39, 0.29) is 5.56 Å². The molecule has 0 aliphatic heterocycles. The van der Waals surface area contributed by atoms with Crippen LogP contribution in [-0.2, 0) is 0 Å². The lowest BCUT2D eigenvalue weighted by Gasteiger charge is -2.11. The molecule has 0 saturated carbocycles. The molecule has 6 heteroatoms. The van der Waals surface area contributed by atoms with Crippen LogP contribution in [0.2, 0.25) is 0 Å². The van der Waals surface area contributed by atoms with E-state index >= 15 is 0 Å². The minimum atomic E-state index is -0.585. The third kappa shape index (κ3) is 3.49. The summed E-state index contributed by atoms with van der Waals surface area (Å²) in [7, 11) is 0. The van der Waals surface area contributed by atoms with Crippen molar-refractivity contribution in [2.45, 2.75) is 0 Å². The Kier molecular flexibility index (Phi) is 4.67.